The molecule has 0 fully saturated rings. The lowest BCUT2D eigenvalue weighted by Gasteiger charge is -2.21. The summed E-state index contributed by atoms with van der Waals surface area (Å²) in [6.45, 7) is 0. The fourth-order valence-corrected chi connectivity index (χ4v) is 5.91. The summed E-state index contributed by atoms with van der Waals surface area (Å²) in [5, 5.41) is 1.54. The molecule has 0 saturated heterocycles. The van der Waals surface area contributed by atoms with Gasteiger partial charge in [-0.1, -0.05) is 24.3 Å². The van der Waals surface area contributed by atoms with Gasteiger partial charge in [0.05, 0.1) is 19.7 Å². The number of benzene rings is 3. The largest absolute Gasteiger partial charge is 0.429 e. The maximum atomic E-state index is 12.1. The van der Waals surface area contributed by atoms with Crippen molar-refractivity contribution in [1.29, 1.82) is 0 Å². The molecule has 0 bridgehead atoms. The predicted octanol–water partition coefficient (Wildman–Crippen LogP) is 2.03. The number of hydrogen-bond acceptors (Lipinski definition) is 6. The van der Waals surface area contributed by atoms with Gasteiger partial charge in [-0.05, 0) is 31.9 Å². The monoisotopic (exact) mass is 518 g/mol. The minimum absolute atomic E-state index is 0.0527. The second kappa shape index (κ2) is 4.94. The Balaban J connectivity index is 2.29. The summed E-state index contributed by atoms with van der Waals surface area (Å²) in [5.41, 5.74) is 0. The second-order valence-corrected chi connectivity index (χ2v) is 9.48. The third-order valence-electron chi connectivity index (χ3n) is 3.99. The van der Waals surface area contributed by atoms with Crippen molar-refractivity contribution in [1.82, 2.24) is 0 Å². The Kier molecular flexibility index (Phi) is 3.12. The molecule has 132 valence electrons. The van der Waals surface area contributed by atoms with Crippen LogP contribution in [0.15, 0.2) is 42.0 Å². The van der Waals surface area contributed by atoms with Crippen molar-refractivity contribution >= 4 is 74.0 Å². The minimum atomic E-state index is -4.23. The van der Waals surface area contributed by atoms with Crippen molar-refractivity contribution in [3.05, 3.63) is 43.9 Å². The molecule has 0 N–H and O–H groups in total. The summed E-state index contributed by atoms with van der Waals surface area (Å²) in [4.78, 5) is 0. The predicted molar refractivity (Wildman–Crippen MR) is 98.3 cm³/mol. The van der Waals surface area contributed by atoms with Gasteiger partial charge < -0.3 is 8.37 Å². The standard InChI is InChI=1S/C14H4Br2N2O6S2/c15-9-10(16)12-8-7-11(9)17-25(19,20)23-13(7)5-3-1-2-4-6(5)14(8)24-26(21,22)18-12/h1-4H. The third-order valence-corrected chi connectivity index (χ3v) is 7.63. The summed E-state index contributed by atoms with van der Waals surface area (Å²) in [5.74, 6) is 0.105. The normalized spacial score (nSPS) is 18.5. The Morgan fingerprint density at radius 3 is 1.50 bits per heavy atom. The van der Waals surface area contributed by atoms with Crippen molar-refractivity contribution in [3.63, 3.8) is 0 Å². The maximum absolute atomic E-state index is 12.1. The van der Waals surface area contributed by atoms with Gasteiger partial charge in [0, 0.05) is 10.8 Å². The molecular formula is C14H4Br2N2O6S2. The van der Waals surface area contributed by atoms with Crippen LogP contribution in [0.3, 0.4) is 0 Å². The van der Waals surface area contributed by atoms with Crippen LogP contribution in [-0.4, -0.2) is 16.8 Å². The molecule has 0 atom stereocenters. The van der Waals surface area contributed by atoms with Crippen molar-refractivity contribution in [2.24, 2.45) is 8.80 Å². The molecule has 8 nitrogen and oxygen atoms in total. The Bertz CT molecular complexity index is 1420. The van der Waals surface area contributed by atoms with Gasteiger partial charge in [0.2, 0.25) is 0 Å². The first-order valence-corrected chi connectivity index (χ1v) is 11.2. The highest BCUT2D eigenvalue weighted by atomic mass is 79.9. The zero-order chi connectivity index (χ0) is 18.4. The molecule has 0 amide bonds. The first-order chi connectivity index (χ1) is 12.2. The number of halogens is 2. The van der Waals surface area contributed by atoms with E-state index < -0.39 is 20.6 Å². The molecule has 2 aliphatic heterocycles. The van der Waals surface area contributed by atoms with E-state index in [4.69, 9.17) is 8.37 Å². The second-order valence-electron chi connectivity index (χ2n) is 5.48. The lowest BCUT2D eigenvalue weighted by molar-refractivity contribution is 0.482. The molecule has 0 spiro atoms. The van der Waals surface area contributed by atoms with Gasteiger partial charge in [-0.15, -0.1) is 8.80 Å². The van der Waals surface area contributed by atoms with Gasteiger partial charge >= 0.3 is 20.6 Å². The quantitative estimate of drug-likeness (QED) is 0.420. The topological polar surface area (TPSA) is 111 Å². The number of fused-ring (bicyclic) bond motifs is 3. The number of nitrogens with zero attached hydrogens (tertiary/aromatic N) is 2. The molecular weight excluding hydrogens is 516 g/mol. The van der Waals surface area contributed by atoms with Crippen molar-refractivity contribution in [2.75, 3.05) is 0 Å². The first-order valence-electron chi connectivity index (χ1n) is 6.93. The van der Waals surface area contributed by atoms with Gasteiger partial charge in [0.25, 0.3) is 0 Å². The fourth-order valence-electron chi connectivity index (χ4n) is 3.07. The molecule has 12 heteroatoms. The molecule has 26 heavy (non-hydrogen) atoms. The summed E-state index contributed by atoms with van der Waals surface area (Å²) >= 11 is 6.53. The maximum Gasteiger partial charge on any atom is 0.429 e. The van der Waals surface area contributed by atoms with Crippen LogP contribution in [0.2, 0.25) is 0 Å². The third kappa shape index (κ3) is 2.09. The Labute approximate surface area is 162 Å². The van der Waals surface area contributed by atoms with Crippen LogP contribution in [0.5, 0.6) is 11.5 Å². The van der Waals surface area contributed by atoms with Gasteiger partial charge in [0.1, 0.15) is 10.7 Å². The van der Waals surface area contributed by atoms with E-state index in [2.05, 4.69) is 40.7 Å². The summed E-state index contributed by atoms with van der Waals surface area (Å²) in [6, 6.07) is 6.58. The van der Waals surface area contributed by atoms with E-state index in [9.17, 15) is 16.8 Å². The molecule has 3 aromatic carbocycles. The smallest absolute Gasteiger partial charge is 0.364 e. The summed E-state index contributed by atoms with van der Waals surface area (Å²) < 4.78 is 66.7. The molecule has 2 aliphatic rings. The van der Waals surface area contributed by atoms with Gasteiger partial charge in [0.15, 0.2) is 11.5 Å². The molecule has 0 saturated carbocycles. The zero-order valence-electron chi connectivity index (χ0n) is 12.2. The van der Waals surface area contributed by atoms with E-state index in [0.717, 1.165) is 0 Å². The van der Waals surface area contributed by atoms with Crippen molar-refractivity contribution < 1.29 is 25.2 Å². The Morgan fingerprint density at radius 1 is 0.731 bits per heavy atom. The van der Waals surface area contributed by atoms with Crippen molar-refractivity contribution in [2.45, 2.75) is 0 Å². The highest BCUT2D eigenvalue weighted by Gasteiger charge is 2.33. The highest BCUT2D eigenvalue weighted by Crippen LogP contribution is 2.44. The average Bonchev–Trinajstić information content (AvgIpc) is 2.57. The van der Waals surface area contributed by atoms with Crippen LogP contribution in [0, 0.1) is 0 Å². The van der Waals surface area contributed by atoms with Crippen LogP contribution in [0.4, 0.5) is 0 Å². The van der Waals surface area contributed by atoms with E-state index in [0.29, 0.717) is 21.5 Å². The number of hydrogen-bond donors (Lipinski definition) is 0. The fraction of sp³-hybridized carbons (Fsp3) is 0. The SMILES string of the molecule is O=S1(=O)N=c2c(Br)c(Br)c3c4c(c5ccccc5c(c24)O1)OS(=O)(=O)N=3. The average molecular weight is 520 g/mol. The van der Waals surface area contributed by atoms with Crippen LogP contribution in [0.25, 0.3) is 21.5 Å². The van der Waals surface area contributed by atoms with E-state index in [1.54, 1.807) is 24.3 Å². The lowest BCUT2D eigenvalue weighted by atomic mass is 10.00. The van der Waals surface area contributed by atoms with Crippen LogP contribution < -0.4 is 19.1 Å². The van der Waals surface area contributed by atoms with Crippen LogP contribution in [-0.2, 0) is 20.6 Å². The van der Waals surface area contributed by atoms with Gasteiger partial charge in [-0.25, -0.2) is 0 Å². The van der Waals surface area contributed by atoms with E-state index >= 15 is 0 Å². The van der Waals surface area contributed by atoms with E-state index in [1.807, 2.05) is 0 Å². The molecule has 0 radical (unpaired) electrons. The van der Waals surface area contributed by atoms with Gasteiger partial charge in [-0.3, -0.25) is 0 Å². The van der Waals surface area contributed by atoms with Gasteiger partial charge in [-0.2, -0.15) is 16.8 Å². The van der Waals surface area contributed by atoms with Crippen LogP contribution in [0.1, 0.15) is 0 Å². The molecule has 2 heterocycles. The highest BCUT2D eigenvalue weighted by molar-refractivity contribution is 9.13. The Hall–Kier alpha value is -1.76. The van der Waals surface area contributed by atoms with Crippen LogP contribution >= 0.6 is 31.9 Å². The minimum Gasteiger partial charge on any atom is -0.364 e. The molecule has 0 unspecified atom stereocenters. The van der Waals surface area contributed by atoms with E-state index in [1.165, 1.54) is 0 Å². The summed E-state index contributed by atoms with van der Waals surface area (Å²) in [6.07, 6.45) is 0. The summed E-state index contributed by atoms with van der Waals surface area (Å²) in [7, 11) is -8.45. The first kappa shape index (κ1) is 16.4. The lowest BCUT2D eigenvalue weighted by Crippen LogP contribution is -2.28. The zero-order valence-corrected chi connectivity index (χ0v) is 17.0. The molecule has 0 aromatic heterocycles. The molecule has 0 aliphatic carbocycles. The van der Waals surface area contributed by atoms with Crippen molar-refractivity contribution in [3.8, 4) is 11.5 Å². The van der Waals surface area contributed by atoms with E-state index in [-0.39, 0.29) is 31.2 Å². The molecule has 3 aromatic rings. The Morgan fingerprint density at radius 2 is 1.12 bits per heavy atom. The number of rotatable bonds is 0. The molecule has 5 rings (SSSR count).